The van der Waals surface area contributed by atoms with Gasteiger partial charge >= 0.3 is 168 Å². The topological polar surface area (TPSA) is 143 Å². The van der Waals surface area contributed by atoms with Crippen LogP contribution in [-0.2, 0) is 21.1 Å². The molecule has 0 saturated heterocycles. The third kappa shape index (κ3) is 670. The number of rotatable bonds is 0. The largest absolute Gasteiger partial charge is 4.00 e. The first-order valence-corrected chi connectivity index (χ1v) is 2.68. The van der Waals surface area contributed by atoms with Crippen LogP contribution in [0.2, 0.25) is 0 Å². The van der Waals surface area contributed by atoms with Crippen molar-refractivity contribution in [3.8, 4) is 10.8 Å². The zero-order valence-electron chi connectivity index (χ0n) is 15.0. The van der Waals surface area contributed by atoms with Gasteiger partial charge in [0.1, 0.15) is 10.8 Å². The van der Waals surface area contributed by atoms with E-state index in [2.05, 4.69) is 25.3 Å². The number of nitrogens with zero attached hydrogens (tertiary/aromatic N) is 6. The summed E-state index contributed by atoms with van der Waals surface area (Å²) in [6, 6.07) is 0. The van der Waals surface area contributed by atoms with E-state index in [-0.39, 0.29) is 176 Å². The summed E-state index contributed by atoms with van der Waals surface area (Å²) in [5.41, 5.74) is 0. The molecule has 90 valence electrons. The van der Waals surface area contributed by atoms with Crippen LogP contribution in [0, 0.1) is 68.7 Å². The molecule has 18 heavy (non-hydrogen) atoms. The first kappa shape index (κ1) is 69.3. The Morgan fingerprint density at radius 2 is 0.611 bits per heavy atom. The normalized spacial score (nSPS) is 1.33. The molecule has 0 rings (SSSR count). The molecular weight excluding hydrogens is 827 g/mol. The molecule has 0 heterocycles. The molecule has 0 aromatic rings. The van der Waals surface area contributed by atoms with Gasteiger partial charge in [-0.2, -0.15) is 10.5 Å². The Balaban J connectivity index is -0.00000000213. The average Bonchev–Trinajstić information content (AvgIpc) is 2.31. The van der Waals surface area contributed by atoms with Gasteiger partial charge in [0.2, 0.25) is 0 Å². The maximum atomic E-state index is 7.18. The van der Waals surface area contributed by atoms with Crippen molar-refractivity contribution in [2.75, 3.05) is 0 Å². The molecule has 0 radical (unpaired) electrons. The van der Waals surface area contributed by atoms with Crippen molar-refractivity contribution in [3.05, 3.63) is 26.3 Å². The second-order valence-corrected chi connectivity index (χ2v) is 0.600. The second-order valence-electron chi connectivity index (χ2n) is 0.200. The summed E-state index contributed by atoms with van der Waals surface area (Å²) >= 11 is 6.19. The third-order valence-electron chi connectivity index (χ3n) is 0. The number of thiol groups is 2. The second kappa shape index (κ2) is 286. The van der Waals surface area contributed by atoms with Gasteiger partial charge in [-0.1, -0.05) is 25.3 Å². The molecule has 0 unspecified atom stereocenters. The van der Waals surface area contributed by atoms with Gasteiger partial charge in [-0.05, 0) is 0 Å². The van der Waals surface area contributed by atoms with Gasteiger partial charge in [0, 0.05) is 0 Å². The predicted octanol–water partition coefficient (Wildman–Crippen LogP) is 0.710. The van der Waals surface area contributed by atoms with Gasteiger partial charge in [-0.3, -0.25) is 0 Å². The van der Waals surface area contributed by atoms with Gasteiger partial charge in [0.15, 0.2) is 0 Å². The Morgan fingerprint density at radius 1 is 0.611 bits per heavy atom. The van der Waals surface area contributed by atoms with E-state index in [9.17, 15) is 0 Å². The van der Waals surface area contributed by atoms with Gasteiger partial charge in [0.25, 0.3) is 0 Å². The maximum Gasteiger partial charge on any atom is 4.00 e. The summed E-state index contributed by atoms with van der Waals surface area (Å²) < 4.78 is 0. The molecule has 0 amide bonds. The summed E-state index contributed by atoms with van der Waals surface area (Å²) in [7, 11) is 0. The van der Waals surface area contributed by atoms with Crippen LogP contribution in [0.5, 0.6) is 0 Å². The molecule has 0 aliphatic carbocycles. The molecule has 0 aliphatic heterocycles. The molecule has 12 heteroatoms. The SMILES string of the molecule is N#CS.N#CS.[Ba+2].[Ba+2].[Ba+2].[C-]#N.[C-]#N.[C-]#N.[C-]#N.[H-].[H-].[H-].[H-].[H-].[H-].[Pt+4]. The van der Waals surface area contributed by atoms with Crippen LogP contribution in [0.1, 0.15) is 8.56 Å². The van der Waals surface area contributed by atoms with Crippen molar-refractivity contribution in [1.29, 1.82) is 31.6 Å². The maximum absolute atomic E-state index is 7.18. The van der Waals surface area contributed by atoms with E-state index in [0.29, 0.717) is 0 Å². The van der Waals surface area contributed by atoms with Crippen molar-refractivity contribution in [1.82, 2.24) is 0 Å². The molecule has 0 bridgehead atoms. The fourth-order valence-corrected chi connectivity index (χ4v) is 0. The first-order chi connectivity index (χ1) is 6.83. The van der Waals surface area contributed by atoms with E-state index in [1.165, 1.54) is 10.8 Å². The number of hydrogen-bond acceptors (Lipinski definition) is 8. The summed E-state index contributed by atoms with van der Waals surface area (Å²) in [6.45, 7) is 19.0. The minimum absolute atomic E-state index is 0. The van der Waals surface area contributed by atoms with Gasteiger partial charge in [0.05, 0.1) is 0 Å². The summed E-state index contributed by atoms with van der Waals surface area (Å²) in [5, 5.41) is 42.3. The monoisotopic (exact) mass is 837 g/mol. The van der Waals surface area contributed by atoms with Crippen LogP contribution in [-0.4, -0.2) is 147 Å². The smallest absolute Gasteiger partial charge is 1.00 e. The van der Waals surface area contributed by atoms with Crippen LogP contribution < -0.4 is 0 Å². The Morgan fingerprint density at radius 3 is 0.611 bits per heavy atom. The Labute approximate surface area is 263 Å². The summed E-state index contributed by atoms with van der Waals surface area (Å²) in [6.07, 6.45) is 0. The van der Waals surface area contributed by atoms with E-state index in [1.54, 1.807) is 0 Å². The molecule has 0 atom stereocenters. The van der Waals surface area contributed by atoms with E-state index in [0.717, 1.165) is 0 Å². The molecule has 0 fully saturated rings. The average molecular weight is 835 g/mol. The zero-order chi connectivity index (χ0) is 13.4. The van der Waals surface area contributed by atoms with Crippen LogP contribution in [0.4, 0.5) is 0 Å². The van der Waals surface area contributed by atoms with Crippen LogP contribution in [0.25, 0.3) is 0 Å². The number of thiocyanates is 2. The quantitative estimate of drug-likeness (QED) is 0.160. The fourth-order valence-electron chi connectivity index (χ4n) is 0. The van der Waals surface area contributed by atoms with E-state index in [1.807, 2.05) is 0 Å². The molecule has 0 aliphatic rings. The van der Waals surface area contributed by atoms with Crippen molar-refractivity contribution >= 4 is 172 Å². The fraction of sp³-hybridized carbons (Fsp3) is 0. The molecule has 6 nitrogen and oxygen atoms in total. The predicted molar refractivity (Wildman–Crippen MR) is 73.0 cm³/mol. The van der Waals surface area contributed by atoms with E-state index < -0.39 is 0 Å². The van der Waals surface area contributed by atoms with Crippen LogP contribution >= 0.6 is 25.3 Å². The molecular formula is C6H8Ba3N6PtS2. The van der Waals surface area contributed by atoms with Crippen molar-refractivity contribution in [2.24, 2.45) is 0 Å². The molecule has 0 aromatic heterocycles. The molecule has 0 spiro atoms. The Bertz CT molecular complexity index is 203. The minimum Gasteiger partial charge on any atom is -1.00 e. The minimum atomic E-state index is 0. The van der Waals surface area contributed by atoms with Crippen molar-refractivity contribution in [3.63, 3.8) is 0 Å². The molecule has 0 saturated carbocycles. The zero-order valence-corrected chi connectivity index (χ0v) is 26.4. The van der Waals surface area contributed by atoms with Crippen LogP contribution in [0.3, 0.4) is 0 Å². The third-order valence-corrected chi connectivity index (χ3v) is 0. The Kier molecular flexibility index (Phi) is 1100. The summed E-state index contributed by atoms with van der Waals surface area (Å²) in [5.74, 6) is 0. The number of nitriles is 2. The first-order valence-electron chi connectivity index (χ1n) is 1.79. The molecule has 0 aromatic carbocycles. The Hall–Kier alpha value is 3.04. The van der Waals surface area contributed by atoms with Crippen molar-refractivity contribution in [2.45, 2.75) is 0 Å². The van der Waals surface area contributed by atoms with Crippen LogP contribution in [0.15, 0.2) is 0 Å². The van der Waals surface area contributed by atoms with Crippen molar-refractivity contribution < 1.29 is 29.6 Å². The van der Waals surface area contributed by atoms with Gasteiger partial charge in [-0.25, -0.2) is 0 Å². The molecule has 0 N–H and O–H groups in total. The van der Waals surface area contributed by atoms with Gasteiger partial charge < -0.3 is 55.9 Å². The standard InChI is InChI=1S/2CHNS.4CN.3Ba.Pt.6H/c2*2-1-3;4*1-2;;;;;;;;;;/h2*3H;;;;;;;;;;;;;;/q;;4*-1;3*+2;+4;6*-1. The summed E-state index contributed by atoms with van der Waals surface area (Å²) in [4.78, 5) is 0. The van der Waals surface area contributed by atoms with Gasteiger partial charge in [-0.15, -0.1) is 0 Å². The number of hydrogen-bond donors (Lipinski definition) is 2. The van der Waals surface area contributed by atoms with E-state index >= 15 is 0 Å². The van der Waals surface area contributed by atoms with E-state index in [4.69, 9.17) is 57.9 Å².